The molecule has 0 radical (unpaired) electrons. The Morgan fingerprint density at radius 2 is 2.00 bits per heavy atom. The summed E-state index contributed by atoms with van der Waals surface area (Å²) in [6.07, 6.45) is -1.65. The average Bonchev–Trinajstić information content (AvgIpc) is 1.98. The summed E-state index contributed by atoms with van der Waals surface area (Å²) >= 11 is 0. The summed E-state index contributed by atoms with van der Waals surface area (Å²) in [4.78, 5) is 0. The zero-order chi connectivity index (χ0) is 9.61. The van der Waals surface area contributed by atoms with Gasteiger partial charge in [0.2, 0.25) is 0 Å². The van der Waals surface area contributed by atoms with Crippen LogP contribution in [0.4, 0.5) is 8.78 Å². The van der Waals surface area contributed by atoms with Crippen LogP contribution in [0.5, 0.6) is 0 Å². The predicted octanol–water partition coefficient (Wildman–Crippen LogP) is 1.64. The van der Waals surface area contributed by atoms with Gasteiger partial charge in [-0.25, -0.2) is 8.78 Å². The van der Waals surface area contributed by atoms with Crippen molar-refractivity contribution in [3.8, 4) is 0 Å². The molecule has 0 aliphatic carbocycles. The predicted molar refractivity (Wildman–Crippen MR) is 44.3 cm³/mol. The normalized spacial score (nSPS) is 12.5. The van der Waals surface area contributed by atoms with Crippen LogP contribution < -0.4 is 5.73 Å². The SMILES string of the molecule is CC(C)(CN)CCOCC(F)F. The summed E-state index contributed by atoms with van der Waals surface area (Å²) in [6.45, 7) is 4.40. The number of rotatable bonds is 6. The Morgan fingerprint density at radius 1 is 1.42 bits per heavy atom. The van der Waals surface area contributed by atoms with E-state index in [1.807, 2.05) is 13.8 Å². The van der Waals surface area contributed by atoms with Crippen molar-refractivity contribution in [2.75, 3.05) is 19.8 Å². The molecular formula is C8H17F2NO. The van der Waals surface area contributed by atoms with Crippen molar-refractivity contribution < 1.29 is 13.5 Å². The van der Waals surface area contributed by atoms with Crippen molar-refractivity contribution in [1.82, 2.24) is 0 Å². The first-order chi connectivity index (χ1) is 5.48. The van der Waals surface area contributed by atoms with Gasteiger partial charge in [-0.05, 0) is 18.4 Å². The van der Waals surface area contributed by atoms with Crippen molar-refractivity contribution in [2.45, 2.75) is 26.7 Å². The first-order valence-corrected chi connectivity index (χ1v) is 4.04. The lowest BCUT2D eigenvalue weighted by Crippen LogP contribution is -2.25. The summed E-state index contributed by atoms with van der Waals surface area (Å²) in [7, 11) is 0. The van der Waals surface area contributed by atoms with E-state index < -0.39 is 13.0 Å². The van der Waals surface area contributed by atoms with Gasteiger partial charge in [0.25, 0.3) is 6.43 Å². The van der Waals surface area contributed by atoms with E-state index in [1.54, 1.807) is 0 Å². The monoisotopic (exact) mass is 181 g/mol. The molecule has 0 aliphatic rings. The Balaban J connectivity index is 3.31. The Morgan fingerprint density at radius 3 is 2.42 bits per heavy atom. The van der Waals surface area contributed by atoms with Gasteiger partial charge in [-0.2, -0.15) is 0 Å². The fourth-order valence-electron chi connectivity index (χ4n) is 0.623. The molecule has 0 amide bonds. The van der Waals surface area contributed by atoms with E-state index >= 15 is 0 Å². The second-order valence-electron chi connectivity index (χ2n) is 3.58. The number of halogens is 2. The number of nitrogens with two attached hydrogens (primary N) is 1. The Labute approximate surface area is 72.1 Å². The Kier molecular flexibility index (Phi) is 5.33. The summed E-state index contributed by atoms with van der Waals surface area (Å²) in [5.74, 6) is 0. The molecule has 0 heterocycles. The number of hydrogen-bond donors (Lipinski definition) is 1. The molecule has 0 atom stereocenters. The van der Waals surface area contributed by atoms with E-state index in [0.29, 0.717) is 13.2 Å². The molecule has 4 heteroatoms. The van der Waals surface area contributed by atoms with Crippen LogP contribution in [0.3, 0.4) is 0 Å². The summed E-state index contributed by atoms with van der Waals surface area (Å²) in [6, 6.07) is 0. The molecule has 0 spiro atoms. The minimum absolute atomic E-state index is 0.0118. The Hall–Kier alpha value is -0.220. The molecule has 0 bridgehead atoms. The van der Waals surface area contributed by atoms with Crippen molar-refractivity contribution in [2.24, 2.45) is 11.1 Å². The molecular weight excluding hydrogens is 164 g/mol. The van der Waals surface area contributed by atoms with Crippen LogP contribution in [0.15, 0.2) is 0 Å². The molecule has 74 valence electrons. The molecule has 0 aliphatic heterocycles. The van der Waals surface area contributed by atoms with Gasteiger partial charge in [-0.1, -0.05) is 13.8 Å². The third-order valence-electron chi connectivity index (χ3n) is 1.72. The fourth-order valence-corrected chi connectivity index (χ4v) is 0.623. The quantitative estimate of drug-likeness (QED) is 0.632. The summed E-state index contributed by atoms with van der Waals surface area (Å²) in [5, 5.41) is 0. The Bertz CT molecular complexity index is 118. The van der Waals surface area contributed by atoms with Gasteiger partial charge in [0, 0.05) is 6.61 Å². The topological polar surface area (TPSA) is 35.2 Å². The summed E-state index contributed by atoms with van der Waals surface area (Å²) < 4.78 is 27.9. The lowest BCUT2D eigenvalue weighted by Gasteiger charge is -2.21. The van der Waals surface area contributed by atoms with Gasteiger partial charge in [-0.3, -0.25) is 0 Å². The molecule has 0 aromatic rings. The van der Waals surface area contributed by atoms with Crippen LogP contribution >= 0.6 is 0 Å². The number of ether oxygens (including phenoxy) is 1. The molecule has 2 N–H and O–H groups in total. The van der Waals surface area contributed by atoms with Gasteiger partial charge in [-0.15, -0.1) is 0 Å². The maximum Gasteiger partial charge on any atom is 0.261 e. The standard InChI is InChI=1S/C8H17F2NO/c1-8(2,6-11)3-4-12-5-7(9)10/h7H,3-6,11H2,1-2H3. The molecule has 0 saturated carbocycles. The molecule has 2 nitrogen and oxygen atoms in total. The smallest absolute Gasteiger partial charge is 0.261 e. The maximum absolute atomic E-state index is 11.6. The fraction of sp³-hybridized carbons (Fsp3) is 1.00. The van der Waals surface area contributed by atoms with Crippen molar-refractivity contribution >= 4 is 0 Å². The number of hydrogen-bond acceptors (Lipinski definition) is 2. The van der Waals surface area contributed by atoms with Crippen molar-refractivity contribution in [3.63, 3.8) is 0 Å². The van der Waals surface area contributed by atoms with E-state index in [-0.39, 0.29) is 5.41 Å². The largest absolute Gasteiger partial charge is 0.376 e. The third kappa shape index (κ3) is 6.49. The van der Waals surface area contributed by atoms with Gasteiger partial charge in [0.05, 0.1) is 0 Å². The van der Waals surface area contributed by atoms with Crippen LogP contribution in [0.25, 0.3) is 0 Å². The number of alkyl halides is 2. The highest BCUT2D eigenvalue weighted by Gasteiger charge is 2.15. The van der Waals surface area contributed by atoms with Crippen LogP contribution in [-0.4, -0.2) is 26.2 Å². The molecule has 0 saturated heterocycles. The first-order valence-electron chi connectivity index (χ1n) is 4.04. The lowest BCUT2D eigenvalue weighted by atomic mass is 9.90. The molecule has 0 aromatic heterocycles. The minimum atomic E-state index is -2.37. The maximum atomic E-state index is 11.6. The van der Waals surface area contributed by atoms with E-state index in [9.17, 15) is 8.78 Å². The van der Waals surface area contributed by atoms with Gasteiger partial charge < -0.3 is 10.5 Å². The zero-order valence-corrected chi connectivity index (χ0v) is 7.65. The van der Waals surface area contributed by atoms with Crippen molar-refractivity contribution in [1.29, 1.82) is 0 Å². The molecule has 0 rings (SSSR count). The van der Waals surface area contributed by atoms with Gasteiger partial charge in [0.15, 0.2) is 0 Å². The van der Waals surface area contributed by atoms with Gasteiger partial charge >= 0.3 is 0 Å². The minimum Gasteiger partial charge on any atom is -0.376 e. The highest BCUT2D eigenvalue weighted by atomic mass is 19.3. The summed E-state index contributed by atoms with van der Waals surface area (Å²) in [5.41, 5.74) is 5.43. The molecule has 0 aromatic carbocycles. The van der Waals surface area contributed by atoms with Crippen LogP contribution in [0.2, 0.25) is 0 Å². The van der Waals surface area contributed by atoms with E-state index in [1.165, 1.54) is 0 Å². The van der Waals surface area contributed by atoms with Gasteiger partial charge in [0.1, 0.15) is 6.61 Å². The van der Waals surface area contributed by atoms with Crippen molar-refractivity contribution in [3.05, 3.63) is 0 Å². The average molecular weight is 181 g/mol. The van der Waals surface area contributed by atoms with Crippen LogP contribution in [-0.2, 0) is 4.74 Å². The molecule has 0 unspecified atom stereocenters. The van der Waals surface area contributed by atoms with Crippen LogP contribution in [0, 0.1) is 5.41 Å². The second-order valence-corrected chi connectivity index (χ2v) is 3.58. The van der Waals surface area contributed by atoms with E-state index in [4.69, 9.17) is 10.5 Å². The highest BCUT2D eigenvalue weighted by molar-refractivity contribution is 4.68. The first kappa shape index (κ1) is 11.8. The molecule has 0 fully saturated rings. The third-order valence-corrected chi connectivity index (χ3v) is 1.72. The van der Waals surface area contributed by atoms with E-state index in [2.05, 4.69) is 0 Å². The second kappa shape index (κ2) is 5.43. The molecule has 12 heavy (non-hydrogen) atoms. The highest BCUT2D eigenvalue weighted by Crippen LogP contribution is 2.17. The van der Waals surface area contributed by atoms with Crippen LogP contribution in [0.1, 0.15) is 20.3 Å². The van der Waals surface area contributed by atoms with E-state index in [0.717, 1.165) is 6.42 Å². The zero-order valence-electron chi connectivity index (χ0n) is 7.65. The lowest BCUT2D eigenvalue weighted by molar-refractivity contribution is 0.00877.